The Kier molecular flexibility index (Phi) is 6.02. The van der Waals surface area contributed by atoms with Crippen molar-refractivity contribution >= 4 is 0 Å². The van der Waals surface area contributed by atoms with Gasteiger partial charge < -0.3 is 10.1 Å². The number of benzene rings is 2. The van der Waals surface area contributed by atoms with E-state index in [0.29, 0.717) is 6.04 Å². The molecule has 0 radical (unpaired) electrons. The Morgan fingerprint density at radius 2 is 1.75 bits per heavy atom. The van der Waals surface area contributed by atoms with Gasteiger partial charge in [0, 0.05) is 32.2 Å². The SMILES string of the molecule is Cc1ccc(CNC(CN2CCOCC2)c2ccccc2)cc1C. The Labute approximate surface area is 145 Å². The molecule has 1 atom stereocenters. The Morgan fingerprint density at radius 1 is 1.00 bits per heavy atom. The predicted molar refractivity (Wildman–Crippen MR) is 99.2 cm³/mol. The maximum Gasteiger partial charge on any atom is 0.0594 e. The molecule has 1 fully saturated rings. The van der Waals surface area contributed by atoms with E-state index in [1.807, 2.05) is 0 Å². The molecular weight excluding hydrogens is 296 g/mol. The van der Waals surface area contributed by atoms with Crippen molar-refractivity contribution in [3.05, 3.63) is 70.8 Å². The Morgan fingerprint density at radius 3 is 2.46 bits per heavy atom. The molecule has 1 aliphatic heterocycles. The van der Waals surface area contributed by atoms with Crippen molar-refractivity contribution in [1.29, 1.82) is 0 Å². The minimum absolute atomic E-state index is 0.339. The number of rotatable bonds is 6. The lowest BCUT2D eigenvalue weighted by Crippen LogP contribution is -2.41. The minimum atomic E-state index is 0.339. The van der Waals surface area contributed by atoms with Gasteiger partial charge >= 0.3 is 0 Å². The van der Waals surface area contributed by atoms with Crippen LogP contribution in [0.1, 0.15) is 28.3 Å². The number of morpholine rings is 1. The summed E-state index contributed by atoms with van der Waals surface area (Å²) in [5, 5.41) is 3.76. The fourth-order valence-electron chi connectivity index (χ4n) is 3.17. The molecule has 0 aromatic heterocycles. The van der Waals surface area contributed by atoms with Crippen molar-refractivity contribution in [2.24, 2.45) is 0 Å². The molecule has 2 aromatic carbocycles. The summed E-state index contributed by atoms with van der Waals surface area (Å²) in [5.41, 5.74) is 5.42. The van der Waals surface area contributed by atoms with Crippen molar-refractivity contribution in [3.8, 4) is 0 Å². The number of hydrogen-bond donors (Lipinski definition) is 1. The molecule has 3 nitrogen and oxygen atoms in total. The lowest BCUT2D eigenvalue weighted by Gasteiger charge is -2.31. The van der Waals surface area contributed by atoms with Gasteiger partial charge in [-0.3, -0.25) is 4.90 Å². The average molecular weight is 324 g/mol. The molecule has 1 aliphatic rings. The molecule has 1 unspecified atom stereocenters. The van der Waals surface area contributed by atoms with Gasteiger partial charge in [-0.1, -0.05) is 48.5 Å². The zero-order chi connectivity index (χ0) is 16.8. The predicted octanol–water partition coefficient (Wildman–Crippen LogP) is 3.47. The highest BCUT2D eigenvalue weighted by Crippen LogP contribution is 2.17. The van der Waals surface area contributed by atoms with Crippen molar-refractivity contribution in [1.82, 2.24) is 10.2 Å². The van der Waals surface area contributed by atoms with Crippen LogP contribution in [0, 0.1) is 13.8 Å². The molecule has 0 aliphatic carbocycles. The highest BCUT2D eigenvalue weighted by atomic mass is 16.5. The van der Waals surface area contributed by atoms with Crippen LogP contribution < -0.4 is 5.32 Å². The highest BCUT2D eigenvalue weighted by Gasteiger charge is 2.18. The number of hydrogen-bond acceptors (Lipinski definition) is 3. The Bertz CT molecular complexity index is 636. The molecule has 0 saturated carbocycles. The molecule has 0 bridgehead atoms. The summed E-state index contributed by atoms with van der Waals surface area (Å²) >= 11 is 0. The molecule has 1 saturated heterocycles. The number of nitrogens with zero attached hydrogens (tertiary/aromatic N) is 1. The smallest absolute Gasteiger partial charge is 0.0594 e. The van der Waals surface area contributed by atoms with Crippen LogP contribution in [0.25, 0.3) is 0 Å². The first-order valence-electron chi connectivity index (χ1n) is 8.87. The lowest BCUT2D eigenvalue weighted by molar-refractivity contribution is 0.0333. The van der Waals surface area contributed by atoms with Crippen molar-refractivity contribution in [3.63, 3.8) is 0 Å². The van der Waals surface area contributed by atoms with Gasteiger partial charge in [0.2, 0.25) is 0 Å². The van der Waals surface area contributed by atoms with Gasteiger partial charge in [-0.05, 0) is 36.1 Å². The van der Waals surface area contributed by atoms with Crippen LogP contribution in [0.2, 0.25) is 0 Å². The van der Waals surface area contributed by atoms with Crippen molar-refractivity contribution in [2.45, 2.75) is 26.4 Å². The van der Waals surface area contributed by atoms with E-state index in [1.165, 1.54) is 22.3 Å². The van der Waals surface area contributed by atoms with Crippen LogP contribution >= 0.6 is 0 Å². The second-order valence-corrected chi connectivity index (χ2v) is 6.68. The molecule has 3 heteroatoms. The molecule has 1 N–H and O–H groups in total. The van der Waals surface area contributed by atoms with E-state index in [2.05, 4.69) is 72.6 Å². The molecular formula is C21H28N2O. The fourth-order valence-corrected chi connectivity index (χ4v) is 3.17. The molecule has 2 aromatic rings. The topological polar surface area (TPSA) is 24.5 Å². The third-order valence-electron chi connectivity index (χ3n) is 4.87. The fraction of sp³-hybridized carbons (Fsp3) is 0.429. The van der Waals surface area contributed by atoms with Gasteiger partial charge in [0.1, 0.15) is 0 Å². The van der Waals surface area contributed by atoms with Crippen LogP contribution in [0.5, 0.6) is 0 Å². The zero-order valence-corrected chi connectivity index (χ0v) is 14.8. The van der Waals surface area contributed by atoms with Crippen LogP contribution in [-0.2, 0) is 11.3 Å². The summed E-state index contributed by atoms with van der Waals surface area (Å²) in [4.78, 5) is 2.49. The zero-order valence-electron chi connectivity index (χ0n) is 14.8. The normalized spacial score (nSPS) is 16.9. The van der Waals surface area contributed by atoms with Crippen LogP contribution in [-0.4, -0.2) is 37.7 Å². The summed E-state index contributed by atoms with van der Waals surface area (Å²) in [6.45, 7) is 10.0. The van der Waals surface area contributed by atoms with E-state index in [0.717, 1.165) is 39.4 Å². The molecule has 24 heavy (non-hydrogen) atoms. The summed E-state index contributed by atoms with van der Waals surface area (Å²) < 4.78 is 5.48. The lowest BCUT2D eigenvalue weighted by atomic mass is 10.0. The van der Waals surface area contributed by atoms with E-state index in [9.17, 15) is 0 Å². The number of ether oxygens (including phenoxy) is 1. The Balaban J connectivity index is 1.68. The first-order valence-corrected chi connectivity index (χ1v) is 8.87. The van der Waals surface area contributed by atoms with Gasteiger partial charge in [-0.15, -0.1) is 0 Å². The molecule has 3 rings (SSSR count). The van der Waals surface area contributed by atoms with Crippen LogP contribution in [0.3, 0.4) is 0 Å². The average Bonchev–Trinajstić information content (AvgIpc) is 2.63. The number of aryl methyl sites for hydroxylation is 2. The molecule has 128 valence electrons. The van der Waals surface area contributed by atoms with E-state index in [-0.39, 0.29) is 0 Å². The quantitative estimate of drug-likeness (QED) is 0.880. The second-order valence-electron chi connectivity index (χ2n) is 6.68. The van der Waals surface area contributed by atoms with Crippen molar-refractivity contribution < 1.29 is 4.74 Å². The van der Waals surface area contributed by atoms with Gasteiger partial charge in [0.05, 0.1) is 13.2 Å². The standard InChI is InChI=1S/C21H28N2O/c1-17-8-9-19(14-18(17)2)15-22-21(20-6-4-3-5-7-20)16-23-10-12-24-13-11-23/h3-9,14,21-22H,10-13,15-16H2,1-2H3. The van der Waals surface area contributed by atoms with Gasteiger partial charge in [0.25, 0.3) is 0 Å². The summed E-state index contributed by atoms with van der Waals surface area (Å²) in [5.74, 6) is 0. The summed E-state index contributed by atoms with van der Waals surface area (Å²) in [6.07, 6.45) is 0. The number of nitrogens with one attached hydrogen (secondary N) is 1. The largest absolute Gasteiger partial charge is 0.379 e. The van der Waals surface area contributed by atoms with E-state index in [1.54, 1.807) is 0 Å². The van der Waals surface area contributed by atoms with Gasteiger partial charge in [-0.25, -0.2) is 0 Å². The summed E-state index contributed by atoms with van der Waals surface area (Å²) in [7, 11) is 0. The third kappa shape index (κ3) is 4.67. The maximum atomic E-state index is 5.48. The second kappa shape index (κ2) is 8.43. The Hall–Kier alpha value is -1.68. The minimum Gasteiger partial charge on any atom is -0.379 e. The molecule has 0 amide bonds. The third-order valence-corrected chi connectivity index (χ3v) is 4.87. The monoisotopic (exact) mass is 324 g/mol. The maximum absolute atomic E-state index is 5.48. The van der Waals surface area contributed by atoms with Crippen LogP contribution in [0.4, 0.5) is 0 Å². The first kappa shape index (κ1) is 17.2. The van der Waals surface area contributed by atoms with E-state index < -0.39 is 0 Å². The first-order chi connectivity index (χ1) is 11.7. The van der Waals surface area contributed by atoms with Gasteiger partial charge in [-0.2, -0.15) is 0 Å². The van der Waals surface area contributed by atoms with Crippen molar-refractivity contribution in [2.75, 3.05) is 32.8 Å². The molecule has 1 heterocycles. The summed E-state index contributed by atoms with van der Waals surface area (Å²) in [6, 6.07) is 17.8. The van der Waals surface area contributed by atoms with E-state index in [4.69, 9.17) is 4.74 Å². The van der Waals surface area contributed by atoms with E-state index >= 15 is 0 Å². The highest BCUT2D eigenvalue weighted by molar-refractivity contribution is 5.30. The molecule has 0 spiro atoms. The van der Waals surface area contributed by atoms with Gasteiger partial charge in [0.15, 0.2) is 0 Å². The van der Waals surface area contributed by atoms with Crippen LogP contribution in [0.15, 0.2) is 48.5 Å².